The van der Waals surface area contributed by atoms with E-state index in [1.165, 1.54) is 6.42 Å². The molecule has 3 aliphatic carbocycles. The molecule has 3 rings (SSSR count). The molecule has 0 aromatic heterocycles. The van der Waals surface area contributed by atoms with Crippen LogP contribution in [0.5, 0.6) is 0 Å². The Morgan fingerprint density at radius 3 is 1.93 bits per heavy atom. The third kappa shape index (κ3) is 1.01. The highest BCUT2D eigenvalue weighted by Gasteiger charge is 2.53. The van der Waals surface area contributed by atoms with Crippen LogP contribution in [0, 0.1) is 41.4 Å². The Morgan fingerprint density at radius 1 is 0.643 bits per heavy atom. The van der Waals surface area contributed by atoms with Crippen LogP contribution < -0.4 is 0 Å². The summed E-state index contributed by atoms with van der Waals surface area (Å²) in [6.07, 6.45) is 6.20. The fourth-order valence-electron chi connectivity index (χ4n) is 5.15. The van der Waals surface area contributed by atoms with E-state index in [-0.39, 0.29) is 0 Å². The lowest BCUT2D eigenvalue weighted by molar-refractivity contribution is -0.0619. The van der Waals surface area contributed by atoms with E-state index < -0.39 is 0 Å². The third-order valence-electron chi connectivity index (χ3n) is 6.15. The van der Waals surface area contributed by atoms with Crippen molar-refractivity contribution in [3.05, 3.63) is 0 Å². The molecule has 80 valence electrons. The first-order chi connectivity index (χ1) is 6.70. The molecule has 0 heterocycles. The topological polar surface area (TPSA) is 0 Å². The van der Waals surface area contributed by atoms with E-state index in [4.69, 9.17) is 0 Å². The molecule has 0 nitrogen and oxygen atoms in total. The standard InChI is InChI=1S/C14H24/c1-8-4-5-13-12-7-6-11(12)9(2)10(3)14(8)13/h8-14H,4-7H2,1-3H3. The molecular weight excluding hydrogens is 168 g/mol. The molecule has 0 heteroatoms. The van der Waals surface area contributed by atoms with Crippen molar-refractivity contribution in [3.63, 3.8) is 0 Å². The summed E-state index contributed by atoms with van der Waals surface area (Å²) < 4.78 is 0. The fraction of sp³-hybridized carbons (Fsp3) is 1.00. The molecule has 0 aromatic rings. The van der Waals surface area contributed by atoms with E-state index in [9.17, 15) is 0 Å². The van der Waals surface area contributed by atoms with Crippen molar-refractivity contribution >= 4 is 0 Å². The van der Waals surface area contributed by atoms with Crippen molar-refractivity contribution in [3.8, 4) is 0 Å². The molecule has 14 heavy (non-hydrogen) atoms. The smallest absolute Gasteiger partial charge is 0.0329 e. The Labute approximate surface area is 88.5 Å². The van der Waals surface area contributed by atoms with E-state index in [2.05, 4.69) is 20.8 Å². The zero-order valence-corrected chi connectivity index (χ0v) is 9.87. The second-order valence-electron chi connectivity index (χ2n) is 6.42. The summed E-state index contributed by atoms with van der Waals surface area (Å²) in [4.78, 5) is 0. The Kier molecular flexibility index (Phi) is 1.98. The van der Waals surface area contributed by atoms with E-state index in [1.54, 1.807) is 19.3 Å². The molecule has 3 fully saturated rings. The first-order valence-electron chi connectivity index (χ1n) is 6.70. The third-order valence-corrected chi connectivity index (χ3v) is 6.15. The Hall–Kier alpha value is 0. The zero-order valence-electron chi connectivity index (χ0n) is 9.87. The van der Waals surface area contributed by atoms with Crippen LogP contribution in [0.25, 0.3) is 0 Å². The van der Waals surface area contributed by atoms with Gasteiger partial charge in [-0.1, -0.05) is 27.2 Å². The van der Waals surface area contributed by atoms with E-state index in [0.717, 1.165) is 41.4 Å². The largest absolute Gasteiger partial charge is 0.0622 e. The van der Waals surface area contributed by atoms with Crippen molar-refractivity contribution < 1.29 is 0 Å². The molecule has 0 amide bonds. The van der Waals surface area contributed by atoms with Crippen molar-refractivity contribution in [2.45, 2.75) is 46.5 Å². The summed E-state index contributed by atoms with van der Waals surface area (Å²) in [6, 6.07) is 0. The van der Waals surface area contributed by atoms with Crippen molar-refractivity contribution in [1.82, 2.24) is 0 Å². The normalized spacial score (nSPS) is 61.5. The lowest BCUT2D eigenvalue weighted by Gasteiger charge is -2.55. The van der Waals surface area contributed by atoms with Gasteiger partial charge in [0.25, 0.3) is 0 Å². The first-order valence-corrected chi connectivity index (χ1v) is 6.70. The average Bonchev–Trinajstić information content (AvgIpc) is 2.43. The number of fused-ring (bicyclic) bond motifs is 3. The van der Waals surface area contributed by atoms with Crippen molar-refractivity contribution in [2.24, 2.45) is 41.4 Å². The van der Waals surface area contributed by atoms with Crippen LogP contribution in [0.3, 0.4) is 0 Å². The minimum Gasteiger partial charge on any atom is -0.0622 e. The zero-order chi connectivity index (χ0) is 9.87. The van der Waals surface area contributed by atoms with Crippen LogP contribution in [0.4, 0.5) is 0 Å². The number of rotatable bonds is 0. The number of hydrogen-bond acceptors (Lipinski definition) is 0. The SMILES string of the molecule is CC1CCC2C3CCC3C(C)C(C)C12. The Bertz CT molecular complexity index is 232. The highest BCUT2D eigenvalue weighted by Crippen LogP contribution is 2.61. The summed E-state index contributed by atoms with van der Waals surface area (Å²) in [7, 11) is 0. The second-order valence-corrected chi connectivity index (χ2v) is 6.42. The summed E-state index contributed by atoms with van der Waals surface area (Å²) in [5.74, 6) is 7.56. The Balaban J connectivity index is 1.88. The molecule has 0 spiro atoms. The summed E-state index contributed by atoms with van der Waals surface area (Å²) in [5, 5.41) is 0. The average molecular weight is 192 g/mol. The van der Waals surface area contributed by atoms with E-state index in [1.807, 2.05) is 0 Å². The minimum absolute atomic E-state index is 1.01. The molecule has 0 aromatic carbocycles. The van der Waals surface area contributed by atoms with Gasteiger partial charge in [0.1, 0.15) is 0 Å². The van der Waals surface area contributed by atoms with Gasteiger partial charge in [-0.3, -0.25) is 0 Å². The van der Waals surface area contributed by atoms with Crippen LogP contribution >= 0.6 is 0 Å². The molecule has 7 atom stereocenters. The van der Waals surface area contributed by atoms with Gasteiger partial charge in [0.05, 0.1) is 0 Å². The van der Waals surface area contributed by atoms with Gasteiger partial charge in [-0.2, -0.15) is 0 Å². The lowest BCUT2D eigenvalue weighted by Crippen LogP contribution is -2.48. The van der Waals surface area contributed by atoms with E-state index >= 15 is 0 Å². The predicted molar refractivity (Wildman–Crippen MR) is 59.9 cm³/mol. The molecule has 0 radical (unpaired) electrons. The van der Waals surface area contributed by atoms with Gasteiger partial charge in [0.15, 0.2) is 0 Å². The molecule has 0 aliphatic heterocycles. The van der Waals surface area contributed by atoms with Gasteiger partial charge < -0.3 is 0 Å². The molecule has 0 N–H and O–H groups in total. The van der Waals surface area contributed by atoms with Gasteiger partial charge in [-0.05, 0) is 60.7 Å². The number of hydrogen-bond donors (Lipinski definition) is 0. The van der Waals surface area contributed by atoms with Gasteiger partial charge in [0, 0.05) is 0 Å². The van der Waals surface area contributed by atoms with Crippen molar-refractivity contribution in [1.29, 1.82) is 0 Å². The highest BCUT2D eigenvalue weighted by molar-refractivity contribution is 5.02. The predicted octanol–water partition coefficient (Wildman–Crippen LogP) is 3.96. The first kappa shape index (κ1) is 9.24. The molecule has 0 saturated heterocycles. The van der Waals surface area contributed by atoms with Crippen molar-refractivity contribution in [2.75, 3.05) is 0 Å². The van der Waals surface area contributed by atoms with Crippen LogP contribution in [0.15, 0.2) is 0 Å². The summed E-state index contributed by atoms with van der Waals surface area (Å²) >= 11 is 0. The fourth-order valence-corrected chi connectivity index (χ4v) is 5.15. The molecule has 0 bridgehead atoms. The van der Waals surface area contributed by atoms with Gasteiger partial charge in [-0.25, -0.2) is 0 Å². The molecule has 3 aliphatic rings. The maximum Gasteiger partial charge on any atom is -0.0329 e. The van der Waals surface area contributed by atoms with Crippen LogP contribution in [0.1, 0.15) is 46.5 Å². The van der Waals surface area contributed by atoms with Gasteiger partial charge in [0.2, 0.25) is 0 Å². The minimum atomic E-state index is 1.01. The van der Waals surface area contributed by atoms with Gasteiger partial charge in [-0.15, -0.1) is 0 Å². The van der Waals surface area contributed by atoms with Crippen LogP contribution in [-0.4, -0.2) is 0 Å². The quantitative estimate of drug-likeness (QED) is 0.545. The monoisotopic (exact) mass is 192 g/mol. The Morgan fingerprint density at radius 2 is 1.29 bits per heavy atom. The second kappa shape index (κ2) is 3.00. The maximum atomic E-state index is 2.54. The van der Waals surface area contributed by atoms with Crippen LogP contribution in [-0.2, 0) is 0 Å². The maximum absolute atomic E-state index is 2.54. The highest BCUT2D eigenvalue weighted by atomic mass is 14.6. The molecular formula is C14H24. The van der Waals surface area contributed by atoms with Crippen LogP contribution in [0.2, 0.25) is 0 Å². The van der Waals surface area contributed by atoms with Gasteiger partial charge >= 0.3 is 0 Å². The molecule has 3 saturated carbocycles. The summed E-state index contributed by atoms with van der Waals surface area (Å²) in [6.45, 7) is 7.58. The molecule has 7 unspecified atom stereocenters. The van der Waals surface area contributed by atoms with E-state index in [0.29, 0.717) is 0 Å². The lowest BCUT2D eigenvalue weighted by atomic mass is 9.50. The summed E-state index contributed by atoms with van der Waals surface area (Å²) in [5.41, 5.74) is 0.